The third-order valence-electron chi connectivity index (χ3n) is 1.95. The molecular formula is C10H11N3S. The predicted molar refractivity (Wildman–Crippen MR) is 55.7 cm³/mol. The normalized spacial score (nSPS) is 12.1. The van der Waals surface area contributed by atoms with E-state index in [0.29, 0.717) is 6.42 Å². The molecule has 0 aliphatic heterocycles. The van der Waals surface area contributed by atoms with E-state index in [0.717, 1.165) is 10.4 Å². The third-order valence-corrected chi connectivity index (χ3v) is 2.89. The highest BCUT2D eigenvalue weighted by Gasteiger charge is 2.17. The lowest BCUT2D eigenvalue weighted by Gasteiger charge is -2.16. The van der Waals surface area contributed by atoms with Gasteiger partial charge in [-0.25, -0.2) is 0 Å². The molecule has 0 radical (unpaired) electrons. The van der Waals surface area contributed by atoms with E-state index in [4.69, 9.17) is 10.5 Å². The van der Waals surface area contributed by atoms with Crippen LogP contribution in [0.1, 0.15) is 16.5 Å². The zero-order chi connectivity index (χ0) is 10.6. The van der Waals surface area contributed by atoms with Gasteiger partial charge in [-0.05, 0) is 31.1 Å². The summed E-state index contributed by atoms with van der Waals surface area (Å²) >= 11 is 1.53. The van der Waals surface area contributed by atoms with E-state index in [2.05, 4.69) is 12.1 Å². The van der Waals surface area contributed by atoms with Crippen LogP contribution in [0.3, 0.4) is 0 Å². The van der Waals surface area contributed by atoms with Crippen LogP contribution in [0.4, 0.5) is 0 Å². The highest BCUT2D eigenvalue weighted by atomic mass is 32.1. The molecule has 0 N–H and O–H groups in total. The smallest absolute Gasteiger partial charge is 0.124 e. The van der Waals surface area contributed by atoms with Crippen LogP contribution in [0.2, 0.25) is 0 Å². The number of thiophene rings is 1. The van der Waals surface area contributed by atoms with Crippen LogP contribution < -0.4 is 0 Å². The Bertz CT molecular complexity index is 381. The molecule has 72 valence electrons. The second-order valence-corrected chi connectivity index (χ2v) is 4.13. The maximum Gasteiger partial charge on any atom is 0.124 e. The molecule has 0 aromatic carbocycles. The molecular weight excluding hydrogens is 194 g/mol. The van der Waals surface area contributed by atoms with Crippen molar-refractivity contribution in [2.24, 2.45) is 0 Å². The van der Waals surface area contributed by atoms with Crippen molar-refractivity contribution in [3.8, 4) is 12.1 Å². The lowest BCUT2D eigenvalue weighted by Crippen LogP contribution is -2.18. The van der Waals surface area contributed by atoms with Gasteiger partial charge < -0.3 is 0 Å². The number of nitrogens with zero attached hydrogens (tertiary/aromatic N) is 3. The molecule has 0 saturated carbocycles. The second-order valence-electron chi connectivity index (χ2n) is 3.13. The van der Waals surface area contributed by atoms with Crippen molar-refractivity contribution in [3.63, 3.8) is 0 Å². The van der Waals surface area contributed by atoms with Gasteiger partial charge >= 0.3 is 0 Å². The molecule has 0 fully saturated rings. The summed E-state index contributed by atoms with van der Waals surface area (Å²) in [7, 11) is 3.73. The molecule has 14 heavy (non-hydrogen) atoms. The number of rotatable bonds is 3. The minimum Gasteiger partial charge on any atom is -0.290 e. The van der Waals surface area contributed by atoms with E-state index in [9.17, 15) is 0 Å². The topological polar surface area (TPSA) is 50.8 Å². The van der Waals surface area contributed by atoms with Gasteiger partial charge in [0.2, 0.25) is 0 Å². The first kappa shape index (κ1) is 10.7. The van der Waals surface area contributed by atoms with E-state index in [-0.39, 0.29) is 6.04 Å². The molecule has 0 amide bonds. The first-order chi connectivity index (χ1) is 6.70. The molecule has 0 saturated heterocycles. The van der Waals surface area contributed by atoms with Gasteiger partial charge in [-0.2, -0.15) is 10.5 Å². The van der Waals surface area contributed by atoms with Gasteiger partial charge in [0.05, 0.1) is 18.6 Å². The monoisotopic (exact) mass is 205 g/mol. The van der Waals surface area contributed by atoms with E-state index in [1.165, 1.54) is 11.3 Å². The first-order valence-electron chi connectivity index (χ1n) is 4.20. The molecule has 1 atom stereocenters. The Morgan fingerprint density at radius 3 is 2.71 bits per heavy atom. The molecule has 0 aliphatic rings. The maximum absolute atomic E-state index is 8.99. The molecule has 1 aromatic rings. The van der Waals surface area contributed by atoms with Gasteiger partial charge in [-0.1, -0.05) is 0 Å². The lowest BCUT2D eigenvalue weighted by molar-refractivity contribution is 0.358. The van der Waals surface area contributed by atoms with Crippen LogP contribution >= 0.6 is 11.3 Å². The van der Waals surface area contributed by atoms with Gasteiger partial charge in [0.15, 0.2) is 0 Å². The van der Waals surface area contributed by atoms with Crippen LogP contribution in [-0.2, 0) is 6.42 Å². The molecule has 4 heteroatoms. The third kappa shape index (κ3) is 2.11. The summed E-state index contributed by atoms with van der Waals surface area (Å²) in [5.41, 5.74) is 0.962. The Kier molecular flexibility index (Phi) is 3.64. The van der Waals surface area contributed by atoms with Crippen LogP contribution in [0.15, 0.2) is 11.4 Å². The van der Waals surface area contributed by atoms with Crippen LogP contribution in [0.5, 0.6) is 0 Å². The fraction of sp³-hybridized carbons (Fsp3) is 0.400. The van der Waals surface area contributed by atoms with Gasteiger partial charge in [0.25, 0.3) is 0 Å². The predicted octanol–water partition coefficient (Wildman–Crippen LogP) is 1.94. The van der Waals surface area contributed by atoms with Crippen molar-refractivity contribution in [1.29, 1.82) is 10.5 Å². The standard InChI is InChI=1S/C10H11N3S/c1-13(2)9(7-12)8-4-6-14-10(8)3-5-11/h4,6,9H,3H2,1-2H3. The summed E-state index contributed by atoms with van der Waals surface area (Å²) in [5.74, 6) is 0. The maximum atomic E-state index is 8.99. The Morgan fingerprint density at radius 1 is 1.50 bits per heavy atom. The SMILES string of the molecule is CN(C)C(C#N)c1ccsc1CC#N. The minimum atomic E-state index is -0.246. The largest absolute Gasteiger partial charge is 0.290 e. The highest BCUT2D eigenvalue weighted by Crippen LogP contribution is 2.26. The van der Waals surface area contributed by atoms with Crippen molar-refractivity contribution in [2.75, 3.05) is 14.1 Å². The van der Waals surface area contributed by atoms with Gasteiger partial charge in [-0.3, -0.25) is 4.90 Å². The number of hydrogen-bond acceptors (Lipinski definition) is 4. The first-order valence-corrected chi connectivity index (χ1v) is 5.08. The molecule has 0 aliphatic carbocycles. The Balaban J connectivity index is 3.00. The quantitative estimate of drug-likeness (QED) is 0.757. The zero-order valence-corrected chi connectivity index (χ0v) is 9.01. The fourth-order valence-electron chi connectivity index (χ4n) is 1.27. The minimum absolute atomic E-state index is 0.246. The van der Waals surface area contributed by atoms with Gasteiger partial charge in [0, 0.05) is 4.88 Å². The molecule has 1 aromatic heterocycles. The summed E-state index contributed by atoms with van der Waals surface area (Å²) in [5, 5.41) is 19.5. The number of hydrogen-bond donors (Lipinski definition) is 0. The van der Waals surface area contributed by atoms with E-state index < -0.39 is 0 Å². The zero-order valence-electron chi connectivity index (χ0n) is 8.19. The van der Waals surface area contributed by atoms with E-state index >= 15 is 0 Å². The van der Waals surface area contributed by atoms with Crippen LogP contribution in [-0.4, -0.2) is 19.0 Å². The average Bonchev–Trinajstić information content (AvgIpc) is 2.55. The van der Waals surface area contributed by atoms with Crippen molar-refractivity contribution in [1.82, 2.24) is 4.90 Å². The van der Waals surface area contributed by atoms with Gasteiger partial charge in [0.1, 0.15) is 6.04 Å². The summed E-state index contributed by atoms with van der Waals surface area (Å²) < 4.78 is 0. The second kappa shape index (κ2) is 4.76. The molecule has 1 rings (SSSR count). The molecule has 1 unspecified atom stereocenters. The Morgan fingerprint density at radius 2 is 2.21 bits per heavy atom. The van der Waals surface area contributed by atoms with Crippen molar-refractivity contribution < 1.29 is 0 Å². The van der Waals surface area contributed by atoms with Crippen molar-refractivity contribution >= 4 is 11.3 Å². The lowest BCUT2D eigenvalue weighted by atomic mass is 10.1. The average molecular weight is 205 g/mol. The Hall–Kier alpha value is -1.36. The van der Waals surface area contributed by atoms with Crippen LogP contribution in [0, 0.1) is 22.7 Å². The fourth-order valence-corrected chi connectivity index (χ4v) is 2.12. The van der Waals surface area contributed by atoms with Crippen LogP contribution in [0.25, 0.3) is 0 Å². The summed E-state index contributed by atoms with van der Waals surface area (Å²) in [4.78, 5) is 2.84. The number of nitriles is 2. The molecule has 0 bridgehead atoms. The molecule has 1 heterocycles. The Labute approximate surface area is 87.8 Å². The highest BCUT2D eigenvalue weighted by molar-refractivity contribution is 7.10. The summed E-state index contributed by atoms with van der Waals surface area (Å²) in [6.07, 6.45) is 0.388. The van der Waals surface area contributed by atoms with Crippen molar-refractivity contribution in [3.05, 3.63) is 21.9 Å². The van der Waals surface area contributed by atoms with Gasteiger partial charge in [-0.15, -0.1) is 11.3 Å². The molecule has 0 spiro atoms. The summed E-state index contributed by atoms with van der Waals surface area (Å²) in [6, 6.07) is 6.01. The summed E-state index contributed by atoms with van der Waals surface area (Å²) in [6.45, 7) is 0. The van der Waals surface area contributed by atoms with E-state index in [1.807, 2.05) is 30.4 Å². The van der Waals surface area contributed by atoms with E-state index in [1.54, 1.807) is 0 Å². The molecule has 3 nitrogen and oxygen atoms in total. The van der Waals surface area contributed by atoms with Crippen molar-refractivity contribution in [2.45, 2.75) is 12.5 Å².